The second kappa shape index (κ2) is 8.51. The van der Waals surface area contributed by atoms with Crippen molar-refractivity contribution in [3.05, 3.63) is 55.1 Å². The van der Waals surface area contributed by atoms with Crippen LogP contribution in [-0.4, -0.2) is 44.0 Å². The summed E-state index contributed by atoms with van der Waals surface area (Å²) in [4.78, 5) is 4.57. The molecule has 3 heterocycles. The number of oxazole rings is 1. The van der Waals surface area contributed by atoms with Gasteiger partial charge in [0.1, 0.15) is 23.8 Å². The predicted molar refractivity (Wildman–Crippen MR) is 99.5 cm³/mol. The minimum Gasteiger partial charge on any atom is -0.748 e. The summed E-state index contributed by atoms with van der Waals surface area (Å²) in [6.45, 7) is 1.75. The molecule has 0 aliphatic carbocycles. The van der Waals surface area contributed by atoms with E-state index < -0.39 is 10.1 Å². The number of hydrogen-bond acceptors (Lipinski definition) is 7. The molecule has 1 aromatic carbocycles. The van der Waals surface area contributed by atoms with E-state index >= 15 is 0 Å². The lowest BCUT2D eigenvalue weighted by molar-refractivity contribution is -0.698. The summed E-state index contributed by atoms with van der Waals surface area (Å²) in [7, 11) is -2.26. The Labute approximate surface area is 163 Å². The zero-order valence-corrected chi connectivity index (χ0v) is 16.3. The van der Waals surface area contributed by atoms with Crippen LogP contribution < -0.4 is 9.30 Å². The van der Waals surface area contributed by atoms with Gasteiger partial charge in [0, 0.05) is 29.5 Å². The van der Waals surface area contributed by atoms with Crippen molar-refractivity contribution in [1.29, 1.82) is 0 Å². The van der Waals surface area contributed by atoms with E-state index in [4.69, 9.17) is 26.9 Å². The summed E-state index contributed by atoms with van der Waals surface area (Å²) in [6, 6.07) is 11.8. The van der Waals surface area contributed by atoms with Crippen LogP contribution in [0.5, 0.6) is 5.75 Å². The third kappa shape index (κ3) is 6.15. The quantitative estimate of drug-likeness (QED) is 0.363. The fourth-order valence-electron chi connectivity index (χ4n) is 2.45. The molecular formula is C19H20N2O6S. The molecule has 9 heteroatoms. The lowest BCUT2D eigenvalue weighted by Crippen LogP contribution is -2.35. The first-order valence-corrected chi connectivity index (χ1v) is 10.3. The van der Waals surface area contributed by atoms with E-state index in [1.807, 2.05) is 48.8 Å². The molecular weight excluding hydrogens is 384 g/mol. The molecule has 0 spiro atoms. The van der Waals surface area contributed by atoms with Crippen molar-refractivity contribution in [2.45, 2.75) is 12.6 Å². The third-order valence-electron chi connectivity index (χ3n) is 3.82. The summed E-state index contributed by atoms with van der Waals surface area (Å²) in [5, 5.41) is 0. The van der Waals surface area contributed by atoms with Gasteiger partial charge < -0.3 is 18.4 Å². The first kappa shape index (κ1) is 20.0. The SMILES string of the molecule is COc1cccc(-c2coc(-c3cc[n+](CC4CO4)cc3)n2)c1.CS(=O)(=O)[O-]. The van der Waals surface area contributed by atoms with E-state index in [1.54, 1.807) is 13.4 Å². The van der Waals surface area contributed by atoms with E-state index in [0.29, 0.717) is 18.3 Å². The van der Waals surface area contributed by atoms with Crippen molar-refractivity contribution in [3.8, 4) is 28.5 Å². The van der Waals surface area contributed by atoms with Crippen molar-refractivity contribution in [3.63, 3.8) is 0 Å². The molecule has 8 nitrogen and oxygen atoms in total. The van der Waals surface area contributed by atoms with Crippen LogP contribution in [0.1, 0.15) is 0 Å². The van der Waals surface area contributed by atoms with Gasteiger partial charge in [0.15, 0.2) is 18.9 Å². The Morgan fingerprint density at radius 3 is 2.54 bits per heavy atom. The van der Waals surface area contributed by atoms with Crippen molar-refractivity contribution in [2.75, 3.05) is 20.0 Å². The van der Waals surface area contributed by atoms with Gasteiger partial charge in [-0.25, -0.2) is 18.0 Å². The number of benzene rings is 1. The summed E-state index contributed by atoms with van der Waals surface area (Å²) in [5.74, 6) is 1.41. The smallest absolute Gasteiger partial charge is 0.226 e. The maximum absolute atomic E-state index is 9.08. The summed E-state index contributed by atoms with van der Waals surface area (Å²) in [6.07, 6.45) is 6.68. The number of epoxide rings is 1. The first-order valence-electron chi connectivity index (χ1n) is 8.44. The second-order valence-corrected chi connectivity index (χ2v) is 7.62. The van der Waals surface area contributed by atoms with Crippen molar-refractivity contribution in [2.24, 2.45) is 0 Å². The van der Waals surface area contributed by atoms with Crippen LogP contribution in [0.25, 0.3) is 22.7 Å². The molecule has 0 N–H and O–H groups in total. The average Bonchev–Trinajstić information content (AvgIpc) is 3.33. The fourth-order valence-corrected chi connectivity index (χ4v) is 2.45. The molecule has 1 saturated heterocycles. The number of pyridine rings is 1. The highest BCUT2D eigenvalue weighted by molar-refractivity contribution is 7.84. The number of ether oxygens (including phenoxy) is 2. The molecule has 0 radical (unpaired) electrons. The number of aromatic nitrogens is 2. The third-order valence-corrected chi connectivity index (χ3v) is 3.82. The van der Waals surface area contributed by atoms with Crippen LogP contribution in [-0.2, 0) is 21.4 Å². The van der Waals surface area contributed by atoms with Crippen molar-refractivity contribution < 1.29 is 31.4 Å². The molecule has 28 heavy (non-hydrogen) atoms. The van der Waals surface area contributed by atoms with Gasteiger partial charge in [0.25, 0.3) is 0 Å². The Balaban J connectivity index is 0.000000403. The van der Waals surface area contributed by atoms with Crippen molar-refractivity contribution in [1.82, 2.24) is 4.98 Å². The number of rotatable bonds is 5. The Bertz CT molecular complexity index is 1020. The van der Waals surface area contributed by atoms with Gasteiger partial charge in [-0.15, -0.1) is 0 Å². The van der Waals surface area contributed by atoms with E-state index in [1.165, 1.54) is 0 Å². The van der Waals surface area contributed by atoms with E-state index in [0.717, 1.165) is 35.7 Å². The van der Waals surface area contributed by atoms with Crippen LogP contribution in [0.4, 0.5) is 0 Å². The molecule has 1 fully saturated rings. The maximum atomic E-state index is 9.08. The zero-order chi connectivity index (χ0) is 20.1. The molecule has 1 aliphatic heterocycles. The van der Waals surface area contributed by atoms with Crippen molar-refractivity contribution >= 4 is 10.1 Å². The van der Waals surface area contributed by atoms with Crippen LogP contribution in [0.3, 0.4) is 0 Å². The summed E-state index contributed by atoms with van der Waals surface area (Å²) < 4.78 is 45.4. The molecule has 148 valence electrons. The Hall–Kier alpha value is -2.75. The van der Waals surface area contributed by atoms with Gasteiger partial charge in [0.05, 0.1) is 23.8 Å². The highest BCUT2D eigenvalue weighted by atomic mass is 32.2. The van der Waals surface area contributed by atoms with Gasteiger partial charge in [0.2, 0.25) is 5.89 Å². The maximum Gasteiger partial charge on any atom is 0.226 e. The van der Waals surface area contributed by atoms with Crippen LogP contribution in [0.2, 0.25) is 0 Å². The molecule has 0 saturated carbocycles. The van der Waals surface area contributed by atoms with Gasteiger partial charge in [-0.3, -0.25) is 0 Å². The van der Waals surface area contributed by atoms with Gasteiger partial charge in [-0.1, -0.05) is 12.1 Å². The molecule has 1 aliphatic rings. The van der Waals surface area contributed by atoms with Gasteiger partial charge >= 0.3 is 0 Å². The highest BCUT2D eigenvalue weighted by Crippen LogP contribution is 2.26. The molecule has 1 unspecified atom stereocenters. The molecule has 3 aromatic rings. The lowest BCUT2D eigenvalue weighted by atomic mass is 10.1. The average molecular weight is 404 g/mol. The molecule has 2 aromatic heterocycles. The van der Waals surface area contributed by atoms with E-state index in [2.05, 4.69) is 9.55 Å². The van der Waals surface area contributed by atoms with Gasteiger partial charge in [-0.05, 0) is 12.1 Å². The van der Waals surface area contributed by atoms with Crippen LogP contribution in [0.15, 0.2) is 59.5 Å². The molecule has 1 atom stereocenters. The predicted octanol–water partition coefficient (Wildman–Crippen LogP) is 1.86. The molecule has 4 rings (SSSR count). The van der Waals surface area contributed by atoms with E-state index in [-0.39, 0.29) is 0 Å². The highest BCUT2D eigenvalue weighted by Gasteiger charge is 2.27. The Morgan fingerprint density at radius 1 is 1.25 bits per heavy atom. The van der Waals surface area contributed by atoms with Gasteiger partial charge in [-0.2, -0.15) is 0 Å². The fraction of sp³-hybridized carbons (Fsp3) is 0.263. The lowest BCUT2D eigenvalue weighted by Gasteiger charge is -2.00. The Kier molecular flexibility index (Phi) is 6.08. The molecule has 0 amide bonds. The number of methoxy groups -OCH3 is 1. The van der Waals surface area contributed by atoms with E-state index in [9.17, 15) is 0 Å². The first-order chi connectivity index (χ1) is 13.3. The van der Waals surface area contributed by atoms with Crippen LogP contribution in [0, 0.1) is 0 Å². The largest absolute Gasteiger partial charge is 0.748 e. The number of hydrogen-bond donors (Lipinski definition) is 0. The minimum atomic E-state index is -3.92. The summed E-state index contributed by atoms with van der Waals surface area (Å²) >= 11 is 0. The zero-order valence-electron chi connectivity index (χ0n) is 15.4. The standard InChI is InChI=1S/C18H17N2O3.CH4O3S/c1-21-15-4-2-3-14(9-15)17-12-23-18(19-17)13-5-7-20(8-6-13)10-16-11-22-16;1-5(2,3)4/h2-9,12,16H,10-11H2,1H3;1H3,(H,2,3,4)/q+1;/p-1. The molecule has 0 bridgehead atoms. The topological polar surface area (TPSA) is 109 Å². The van der Waals surface area contributed by atoms with Crippen LogP contribution >= 0.6 is 0 Å². The normalized spacial score (nSPS) is 15.5. The number of nitrogens with zero attached hydrogens (tertiary/aromatic N) is 2. The Morgan fingerprint density at radius 2 is 1.93 bits per heavy atom. The minimum absolute atomic E-state index is 0.368. The summed E-state index contributed by atoms with van der Waals surface area (Å²) in [5.41, 5.74) is 2.71. The monoisotopic (exact) mass is 404 g/mol. The second-order valence-electron chi connectivity index (χ2n) is 6.21.